The SMILES string of the molecule is CCC1CCCCC1(CN)OC(C)C(C)O. The van der Waals surface area contributed by atoms with Crippen LogP contribution in [0.1, 0.15) is 52.9 Å². The molecule has 3 heteroatoms. The van der Waals surface area contributed by atoms with Crippen molar-refractivity contribution in [2.24, 2.45) is 11.7 Å². The molecule has 0 bridgehead atoms. The zero-order valence-corrected chi connectivity index (χ0v) is 10.9. The van der Waals surface area contributed by atoms with E-state index in [0.29, 0.717) is 12.5 Å². The predicted octanol–water partition coefficient (Wildman–Crippen LogP) is 2.07. The van der Waals surface area contributed by atoms with Crippen LogP contribution in [0.5, 0.6) is 0 Å². The highest BCUT2D eigenvalue weighted by molar-refractivity contribution is 4.93. The lowest BCUT2D eigenvalue weighted by Gasteiger charge is -2.45. The molecule has 0 aliphatic heterocycles. The Balaban J connectivity index is 2.72. The smallest absolute Gasteiger partial charge is 0.0836 e. The normalized spacial score (nSPS) is 34.7. The molecule has 3 nitrogen and oxygen atoms in total. The zero-order valence-electron chi connectivity index (χ0n) is 10.9. The highest BCUT2D eigenvalue weighted by Gasteiger charge is 2.41. The van der Waals surface area contributed by atoms with Crippen LogP contribution in [-0.2, 0) is 4.74 Å². The van der Waals surface area contributed by atoms with Crippen LogP contribution in [0.15, 0.2) is 0 Å². The molecule has 4 atom stereocenters. The first kappa shape index (κ1) is 13.9. The van der Waals surface area contributed by atoms with E-state index in [2.05, 4.69) is 6.92 Å². The number of hydrogen-bond donors (Lipinski definition) is 2. The van der Waals surface area contributed by atoms with Crippen LogP contribution in [-0.4, -0.2) is 29.5 Å². The maximum atomic E-state index is 9.55. The fourth-order valence-corrected chi connectivity index (χ4v) is 2.80. The molecule has 0 heterocycles. The minimum atomic E-state index is -0.428. The van der Waals surface area contributed by atoms with E-state index in [9.17, 15) is 5.11 Å². The lowest BCUT2D eigenvalue weighted by Crippen LogP contribution is -2.52. The van der Waals surface area contributed by atoms with Crippen molar-refractivity contribution in [3.63, 3.8) is 0 Å². The first-order chi connectivity index (χ1) is 7.55. The molecule has 3 N–H and O–H groups in total. The largest absolute Gasteiger partial charge is 0.391 e. The average molecular weight is 229 g/mol. The highest BCUT2D eigenvalue weighted by Crippen LogP contribution is 2.39. The fourth-order valence-electron chi connectivity index (χ4n) is 2.80. The molecule has 0 spiro atoms. The van der Waals surface area contributed by atoms with Crippen molar-refractivity contribution in [2.45, 2.75) is 70.7 Å². The summed E-state index contributed by atoms with van der Waals surface area (Å²) < 4.78 is 6.12. The van der Waals surface area contributed by atoms with E-state index in [-0.39, 0.29) is 11.7 Å². The standard InChI is InChI=1S/C13H27NO2/c1-4-12-7-5-6-8-13(12,9-14)16-11(3)10(2)15/h10-12,15H,4-9,14H2,1-3H3. The summed E-state index contributed by atoms with van der Waals surface area (Å²) in [6, 6.07) is 0. The molecule has 1 aliphatic rings. The molecule has 0 radical (unpaired) electrons. The monoisotopic (exact) mass is 229 g/mol. The Kier molecular flexibility index (Phi) is 5.22. The van der Waals surface area contributed by atoms with E-state index >= 15 is 0 Å². The molecule has 1 aliphatic carbocycles. The number of ether oxygens (including phenoxy) is 1. The molecule has 1 saturated carbocycles. The number of aliphatic hydroxyl groups excluding tert-OH is 1. The second-order valence-electron chi connectivity index (χ2n) is 5.18. The van der Waals surface area contributed by atoms with Gasteiger partial charge in [0.25, 0.3) is 0 Å². The van der Waals surface area contributed by atoms with Crippen LogP contribution in [0.4, 0.5) is 0 Å². The van der Waals surface area contributed by atoms with Gasteiger partial charge >= 0.3 is 0 Å². The van der Waals surface area contributed by atoms with Crippen LogP contribution < -0.4 is 5.73 Å². The third kappa shape index (κ3) is 2.96. The minimum Gasteiger partial charge on any atom is -0.391 e. The van der Waals surface area contributed by atoms with Gasteiger partial charge in [-0.15, -0.1) is 0 Å². The van der Waals surface area contributed by atoms with Gasteiger partial charge in [-0.2, -0.15) is 0 Å². The molecule has 1 rings (SSSR count). The van der Waals surface area contributed by atoms with Gasteiger partial charge in [-0.25, -0.2) is 0 Å². The Morgan fingerprint density at radius 2 is 2.12 bits per heavy atom. The summed E-state index contributed by atoms with van der Waals surface area (Å²) >= 11 is 0. The first-order valence-electron chi connectivity index (χ1n) is 6.61. The number of hydrogen-bond acceptors (Lipinski definition) is 3. The lowest BCUT2D eigenvalue weighted by molar-refractivity contribution is -0.160. The predicted molar refractivity (Wildman–Crippen MR) is 66.3 cm³/mol. The number of rotatable bonds is 5. The van der Waals surface area contributed by atoms with Crippen molar-refractivity contribution in [3.05, 3.63) is 0 Å². The van der Waals surface area contributed by atoms with Gasteiger partial charge in [-0.1, -0.05) is 26.2 Å². The fraction of sp³-hybridized carbons (Fsp3) is 1.00. The van der Waals surface area contributed by atoms with Gasteiger partial charge in [0.1, 0.15) is 0 Å². The third-order valence-electron chi connectivity index (χ3n) is 4.08. The van der Waals surface area contributed by atoms with Gasteiger partial charge in [0, 0.05) is 6.54 Å². The van der Waals surface area contributed by atoms with Crippen molar-refractivity contribution in [3.8, 4) is 0 Å². The molecule has 16 heavy (non-hydrogen) atoms. The quantitative estimate of drug-likeness (QED) is 0.759. The maximum Gasteiger partial charge on any atom is 0.0836 e. The molecular weight excluding hydrogens is 202 g/mol. The summed E-state index contributed by atoms with van der Waals surface area (Å²) in [6.45, 7) is 6.49. The van der Waals surface area contributed by atoms with Crippen molar-refractivity contribution in [1.82, 2.24) is 0 Å². The van der Waals surface area contributed by atoms with Crippen LogP contribution in [0.25, 0.3) is 0 Å². The summed E-state index contributed by atoms with van der Waals surface area (Å²) in [7, 11) is 0. The Morgan fingerprint density at radius 3 is 2.62 bits per heavy atom. The van der Waals surface area contributed by atoms with Crippen LogP contribution in [0.3, 0.4) is 0 Å². The Hall–Kier alpha value is -0.120. The van der Waals surface area contributed by atoms with Crippen molar-refractivity contribution in [2.75, 3.05) is 6.54 Å². The lowest BCUT2D eigenvalue weighted by atomic mass is 9.73. The van der Waals surface area contributed by atoms with Crippen LogP contribution in [0, 0.1) is 5.92 Å². The first-order valence-corrected chi connectivity index (χ1v) is 6.61. The third-order valence-corrected chi connectivity index (χ3v) is 4.08. The van der Waals surface area contributed by atoms with Crippen LogP contribution >= 0.6 is 0 Å². The minimum absolute atomic E-state index is 0.129. The van der Waals surface area contributed by atoms with Gasteiger partial charge in [0.2, 0.25) is 0 Å². The molecular formula is C13H27NO2. The van der Waals surface area contributed by atoms with Gasteiger partial charge in [-0.3, -0.25) is 0 Å². The molecule has 4 unspecified atom stereocenters. The van der Waals surface area contributed by atoms with E-state index in [1.807, 2.05) is 6.92 Å². The summed E-state index contributed by atoms with van der Waals surface area (Å²) in [4.78, 5) is 0. The van der Waals surface area contributed by atoms with Crippen molar-refractivity contribution >= 4 is 0 Å². The van der Waals surface area contributed by atoms with Crippen molar-refractivity contribution in [1.29, 1.82) is 0 Å². The molecule has 0 aromatic carbocycles. The maximum absolute atomic E-state index is 9.55. The topological polar surface area (TPSA) is 55.5 Å². The van der Waals surface area contributed by atoms with E-state index in [4.69, 9.17) is 10.5 Å². The highest BCUT2D eigenvalue weighted by atomic mass is 16.5. The molecule has 0 amide bonds. The van der Waals surface area contributed by atoms with E-state index in [1.165, 1.54) is 19.3 Å². The Labute approximate surface area is 99.4 Å². The zero-order chi connectivity index (χ0) is 12.2. The molecule has 0 aromatic heterocycles. The average Bonchev–Trinajstić information content (AvgIpc) is 2.29. The van der Waals surface area contributed by atoms with E-state index < -0.39 is 6.10 Å². The Bertz CT molecular complexity index is 208. The molecule has 1 fully saturated rings. The van der Waals surface area contributed by atoms with Gasteiger partial charge in [0.15, 0.2) is 0 Å². The van der Waals surface area contributed by atoms with Gasteiger partial charge < -0.3 is 15.6 Å². The van der Waals surface area contributed by atoms with Gasteiger partial charge in [-0.05, 0) is 32.6 Å². The summed E-state index contributed by atoms with van der Waals surface area (Å²) in [5.41, 5.74) is 5.75. The van der Waals surface area contributed by atoms with E-state index in [1.54, 1.807) is 6.92 Å². The van der Waals surface area contributed by atoms with Crippen LogP contribution in [0.2, 0.25) is 0 Å². The molecule has 96 valence electrons. The summed E-state index contributed by atoms with van der Waals surface area (Å²) in [5.74, 6) is 0.549. The molecule has 0 aromatic rings. The van der Waals surface area contributed by atoms with Crippen molar-refractivity contribution < 1.29 is 9.84 Å². The second kappa shape index (κ2) is 5.99. The van der Waals surface area contributed by atoms with Gasteiger partial charge in [0.05, 0.1) is 17.8 Å². The Morgan fingerprint density at radius 1 is 1.44 bits per heavy atom. The summed E-state index contributed by atoms with van der Waals surface area (Å²) in [5, 5.41) is 9.55. The second-order valence-corrected chi connectivity index (χ2v) is 5.18. The summed E-state index contributed by atoms with van der Waals surface area (Å²) in [6.07, 6.45) is 5.29. The number of aliphatic hydroxyl groups is 1. The molecule has 0 saturated heterocycles. The van der Waals surface area contributed by atoms with E-state index in [0.717, 1.165) is 12.8 Å². The number of nitrogens with two attached hydrogens (primary N) is 1.